The lowest BCUT2D eigenvalue weighted by molar-refractivity contribution is 0.273. The molecule has 2 nitrogen and oxygen atoms in total. The lowest BCUT2D eigenvalue weighted by Crippen LogP contribution is -2.91. The highest BCUT2D eigenvalue weighted by Gasteiger charge is 2.64. The maximum Gasteiger partial charge on any atom is 0.216 e. The van der Waals surface area contributed by atoms with Crippen molar-refractivity contribution in [2.45, 2.75) is 59.4 Å². The first kappa shape index (κ1) is 13.0. The van der Waals surface area contributed by atoms with Crippen molar-refractivity contribution in [1.29, 1.82) is 0 Å². The molecule has 0 aromatic rings. The molecule has 1 aliphatic heterocycles. The van der Waals surface area contributed by atoms with Gasteiger partial charge in [-0.25, -0.2) is 0 Å². The zero-order valence-corrected chi connectivity index (χ0v) is 13.6. The first-order chi connectivity index (χ1) is 6.43. The third-order valence-electron chi connectivity index (χ3n) is 3.24. The molecule has 0 bridgehead atoms. The second kappa shape index (κ2) is 3.21. The standard InChI is InChI=1S/C11H26N2Si2/c1-10(2)12-14(6,7)13(11(3,4)5)15(12,8)9/h1H2,2-9H3. The van der Waals surface area contributed by atoms with Crippen molar-refractivity contribution in [2.24, 2.45) is 0 Å². The van der Waals surface area contributed by atoms with Gasteiger partial charge in [-0.15, -0.1) is 0 Å². The van der Waals surface area contributed by atoms with E-state index in [2.05, 4.69) is 68.9 Å². The molecule has 15 heavy (non-hydrogen) atoms. The Morgan fingerprint density at radius 2 is 1.33 bits per heavy atom. The normalized spacial score (nSPS) is 24.9. The van der Waals surface area contributed by atoms with Crippen LogP contribution in [0.15, 0.2) is 12.3 Å². The largest absolute Gasteiger partial charge is 0.406 e. The fourth-order valence-corrected chi connectivity index (χ4v) is 20.9. The molecule has 0 N–H and O–H groups in total. The summed E-state index contributed by atoms with van der Waals surface area (Å²) in [4.78, 5) is 0. The summed E-state index contributed by atoms with van der Waals surface area (Å²) in [6.07, 6.45) is 0. The average Bonchev–Trinajstić information content (AvgIpc) is 1.73. The highest BCUT2D eigenvalue weighted by atomic mass is 28.5. The number of hydrogen-bond acceptors (Lipinski definition) is 2. The average molecular weight is 243 g/mol. The van der Waals surface area contributed by atoms with Crippen molar-refractivity contribution in [3.8, 4) is 0 Å². The van der Waals surface area contributed by atoms with Gasteiger partial charge in [0.05, 0.1) is 0 Å². The Bertz CT molecular complexity index is 273. The van der Waals surface area contributed by atoms with Crippen molar-refractivity contribution in [3.05, 3.63) is 12.3 Å². The predicted molar refractivity (Wildman–Crippen MR) is 73.2 cm³/mol. The molecule has 0 aromatic heterocycles. The lowest BCUT2D eigenvalue weighted by atomic mass is 10.1. The Morgan fingerprint density at radius 1 is 1.00 bits per heavy atom. The summed E-state index contributed by atoms with van der Waals surface area (Å²) in [7, 11) is -2.83. The van der Waals surface area contributed by atoms with Crippen molar-refractivity contribution >= 4 is 16.8 Å². The van der Waals surface area contributed by atoms with Gasteiger partial charge in [0.2, 0.25) is 16.8 Å². The van der Waals surface area contributed by atoms with E-state index in [9.17, 15) is 0 Å². The molecule has 1 aliphatic rings. The fraction of sp³-hybridized carbons (Fsp3) is 0.818. The first-order valence-electron chi connectivity index (χ1n) is 5.70. The van der Waals surface area contributed by atoms with Gasteiger partial charge in [-0.05, 0) is 59.6 Å². The Hall–Kier alpha value is -0.0662. The summed E-state index contributed by atoms with van der Waals surface area (Å²) in [5.41, 5.74) is 1.57. The van der Waals surface area contributed by atoms with Crippen molar-refractivity contribution in [2.75, 3.05) is 0 Å². The van der Waals surface area contributed by atoms with E-state index in [1.54, 1.807) is 0 Å². The van der Waals surface area contributed by atoms with E-state index in [0.717, 1.165) is 0 Å². The van der Waals surface area contributed by atoms with Gasteiger partial charge in [0.1, 0.15) is 0 Å². The molecule has 88 valence electrons. The van der Waals surface area contributed by atoms with Crippen LogP contribution in [0.5, 0.6) is 0 Å². The van der Waals surface area contributed by atoms with Crippen LogP contribution in [0.4, 0.5) is 0 Å². The Kier molecular flexibility index (Phi) is 2.78. The molecular weight excluding hydrogens is 216 g/mol. The van der Waals surface area contributed by atoms with Gasteiger partial charge in [-0.2, -0.15) is 0 Å². The molecule has 0 aliphatic carbocycles. The quantitative estimate of drug-likeness (QED) is 0.651. The summed E-state index contributed by atoms with van der Waals surface area (Å²) in [6.45, 7) is 23.1. The van der Waals surface area contributed by atoms with Crippen molar-refractivity contribution < 1.29 is 0 Å². The van der Waals surface area contributed by atoms with Crippen LogP contribution in [0.3, 0.4) is 0 Å². The Balaban J connectivity index is 3.11. The molecule has 0 saturated carbocycles. The second-order valence-electron chi connectivity index (χ2n) is 6.57. The zero-order chi connectivity index (χ0) is 12.2. The van der Waals surface area contributed by atoms with Gasteiger partial charge < -0.3 is 8.46 Å². The van der Waals surface area contributed by atoms with Gasteiger partial charge in [0.25, 0.3) is 0 Å². The topological polar surface area (TPSA) is 6.48 Å². The van der Waals surface area contributed by atoms with E-state index < -0.39 is 16.8 Å². The lowest BCUT2D eigenvalue weighted by Gasteiger charge is -2.72. The van der Waals surface area contributed by atoms with Crippen molar-refractivity contribution in [1.82, 2.24) is 8.46 Å². The molecule has 1 heterocycles. The van der Waals surface area contributed by atoms with Crippen LogP contribution in [-0.4, -0.2) is 30.8 Å². The monoisotopic (exact) mass is 242 g/mol. The highest BCUT2D eigenvalue weighted by molar-refractivity contribution is 7.04. The number of rotatable bonds is 1. The van der Waals surface area contributed by atoms with E-state index >= 15 is 0 Å². The highest BCUT2D eigenvalue weighted by Crippen LogP contribution is 2.45. The second-order valence-corrected chi connectivity index (χ2v) is 15.2. The summed E-state index contributed by atoms with van der Waals surface area (Å²) in [5.74, 6) is 0. The minimum Gasteiger partial charge on any atom is -0.406 e. The van der Waals surface area contributed by atoms with Crippen LogP contribution in [-0.2, 0) is 0 Å². The Morgan fingerprint density at radius 3 is 1.53 bits per heavy atom. The molecule has 4 heteroatoms. The Labute approximate surface area is 97.3 Å². The smallest absolute Gasteiger partial charge is 0.216 e. The van der Waals surface area contributed by atoms with Crippen LogP contribution in [0, 0.1) is 0 Å². The molecule has 1 rings (SSSR count). The molecule has 0 unspecified atom stereocenters. The number of hydrogen-bond donors (Lipinski definition) is 0. The molecule has 0 amide bonds. The SMILES string of the molecule is C=C(C)N1[Si](C)(C)N(C(C)(C)C)[Si]1(C)C. The summed E-state index contributed by atoms with van der Waals surface area (Å²) < 4.78 is 5.49. The maximum absolute atomic E-state index is 4.15. The molecule has 0 atom stereocenters. The summed E-state index contributed by atoms with van der Waals surface area (Å²) >= 11 is 0. The van der Waals surface area contributed by atoms with Gasteiger partial charge in [-0.3, -0.25) is 0 Å². The fourth-order valence-electron chi connectivity index (χ4n) is 4.07. The zero-order valence-electron chi connectivity index (χ0n) is 11.6. The number of nitrogens with zero attached hydrogens (tertiary/aromatic N) is 2. The van der Waals surface area contributed by atoms with Crippen LogP contribution < -0.4 is 0 Å². The predicted octanol–water partition coefficient (Wildman–Crippen LogP) is 3.34. The molecule has 0 radical (unpaired) electrons. The van der Waals surface area contributed by atoms with Gasteiger partial charge in [-0.1, -0.05) is 6.58 Å². The third-order valence-corrected chi connectivity index (χ3v) is 16.3. The van der Waals surface area contributed by atoms with Gasteiger partial charge >= 0.3 is 0 Å². The maximum atomic E-state index is 4.15. The van der Waals surface area contributed by atoms with Gasteiger partial charge in [0, 0.05) is 5.54 Å². The van der Waals surface area contributed by atoms with E-state index in [-0.39, 0.29) is 0 Å². The van der Waals surface area contributed by atoms with Crippen LogP contribution in [0.25, 0.3) is 0 Å². The molecular formula is C11H26N2Si2. The molecule has 1 saturated heterocycles. The van der Waals surface area contributed by atoms with Crippen LogP contribution >= 0.6 is 0 Å². The summed E-state index contributed by atoms with van der Waals surface area (Å²) in [6, 6.07) is 0. The van der Waals surface area contributed by atoms with E-state index in [1.807, 2.05) is 0 Å². The molecule has 0 aromatic carbocycles. The summed E-state index contributed by atoms with van der Waals surface area (Å²) in [5, 5.41) is 0. The molecule has 0 spiro atoms. The van der Waals surface area contributed by atoms with Crippen molar-refractivity contribution in [3.63, 3.8) is 0 Å². The van der Waals surface area contributed by atoms with Crippen LogP contribution in [0.2, 0.25) is 26.2 Å². The minimum absolute atomic E-state index is 0.303. The first-order valence-corrected chi connectivity index (χ1v) is 11.5. The van der Waals surface area contributed by atoms with E-state index in [4.69, 9.17) is 0 Å². The number of allylic oxidation sites excluding steroid dienone is 1. The molecule has 1 fully saturated rings. The minimum atomic E-state index is -1.41. The van der Waals surface area contributed by atoms with E-state index in [1.165, 1.54) is 5.70 Å². The van der Waals surface area contributed by atoms with Crippen LogP contribution in [0.1, 0.15) is 27.7 Å². The third kappa shape index (κ3) is 1.72. The van der Waals surface area contributed by atoms with Gasteiger partial charge in [0.15, 0.2) is 0 Å². The van der Waals surface area contributed by atoms with E-state index in [0.29, 0.717) is 5.54 Å².